The molecule has 0 radical (unpaired) electrons. The number of aliphatic hydroxyl groups is 1. The molecule has 0 spiro atoms. The number of halogens is 3. The van der Waals surface area contributed by atoms with Crippen LogP contribution in [0, 0.1) is 6.92 Å². The van der Waals surface area contributed by atoms with Gasteiger partial charge in [0, 0.05) is 19.5 Å². The van der Waals surface area contributed by atoms with E-state index >= 15 is 0 Å². The van der Waals surface area contributed by atoms with E-state index in [1.165, 1.54) is 0 Å². The molecule has 0 rings (SSSR count). The van der Waals surface area contributed by atoms with E-state index in [1.807, 2.05) is 0 Å². The molecule has 0 aliphatic heterocycles. The maximum atomic E-state index is 10.5. The van der Waals surface area contributed by atoms with Gasteiger partial charge in [0.05, 0.1) is 0 Å². The monoisotopic (exact) mass is 193 g/mol. The van der Waals surface area contributed by atoms with Crippen LogP contribution >= 0.6 is 0 Å². The fourth-order valence-electron chi connectivity index (χ4n) is 0. The summed E-state index contributed by atoms with van der Waals surface area (Å²) in [5.74, 6) is 0. The quantitative estimate of drug-likeness (QED) is 0.456. The zero-order valence-corrected chi connectivity index (χ0v) is 8.17. The summed E-state index contributed by atoms with van der Waals surface area (Å²) in [5.41, 5.74) is 0. The molecule has 0 saturated heterocycles. The third kappa shape index (κ3) is 29.9. The number of hydrogen-bond donors (Lipinski definition) is 1. The summed E-state index contributed by atoms with van der Waals surface area (Å²) < 4.78 is 31.6. The first-order chi connectivity index (χ1) is 3.56. The average Bonchev–Trinajstić information content (AvgIpc) is 1.71. The molecule has 0 amide bonds. The molecule has 1 N–H and O–H groups in total. The van der Waals surface area contributed by atoms with Gasteiger partial charge in [0.2, 0.25) is 0 Å². The summed E-state index contributed by atoms with van der Waals surface area (Å²) in [4.78, 5) is 0. The first-order valence-electron chi connectivity index (χ1n) is 1.94. The summed E-state index contributed by atoms with van der Waals surface area (Å²) >= 11 is 0. The molecule has 0 aromatic rings. The molecule has 0 aromatic heterocycles. The molecule has 0 heterocycles. The Bertz CT molecular complexity index is 45.6. The Balaban J connectivity index is -0.000000109. The van der Waals surface area contributed by atoms with Crippen molar-refractivity contribution < 1.29 is 37.8 Å². The summed E-state index contributed by atoms with van der Waals surface area (Å²) in [6.07, 6.45) is -4.40. The van der Waals surface area contributed by atoms with Crippen molar-refractivity contribution >= 4 is 0 Å². The van der Waals surface area contributed by atoms with Gasteiger partial charge in [0.15, 0.2) is 0 Å². The van der Waals surface area contributed by atoms with E-state index in [0.29, 0.717) is 0 Å². The Hall–Kier alpha value is 0.373. The standard InChI is InChI=1S/C2H3F3O.C2H5.Zn/c3-2(4,5)1-6;1-2;/h6H,1H2;1H2,2H3;/q;-1;. The fraction of sp³-hybridized carbons (Fsp3) is 0.750. The number of alkyl halides is 3. The second kappa shape index (κ2) is 8.37. The van der Waals surface area contributed by atoms with E-state index in [2.05, 4.69) is 6.92 Å². The molecule has 0 aliphatic rings. The van der Waals surface area contributed by atoms with Crippen molar-refractivity contribution in [2.24, 2.45) is 0 Å². The smallest absolute Gasteiger partial charge is 0.387 e. The zero-order chi connectivity index (χ0) is 7.21. The van der Waals surface area contributed by atoms with Gasteiger partial charge in [0.25, 0.3) is 0 Å². The largest absolute Gasteiger partial charge is 0.411 e. The molecule has 0 atom stereocenters. The fourth-order valence-corrected chi connectivity index (χ4v) is 0. The molecule has 0 aromatic carbocycles. The van der Waals surface area contributed by atoms with E-state index in [9.17, 15) is 13.2 Å². The molecular formula is C4H8F3OZn-. The van der Waals surface area contributed by atoms with Gasteiger partial charge in [0.1, 0.15) is 6.61 Å². The third-order valence-electron chi connectivity index (χ3n) is 0.179. The van der Waals surface area contributed by atoms with Crippen LogP contribution < -0.4 is 0 Å². The molecule has 54 valence electrons. The van der Waals surface area contributed by atoms with E-state index in [1.54, 1.807) is 6.92 Å². The van der Waals surface area contributed by atoms with Crippen LogP contribution in [0.4, 0.5) is 13.2 Å². The zero-order valence-electron chi connectivity index (χ0n) is 5.20. The minimum atomic E-state index is -4.40. The molecule has 0 fully saturated rings. The molecule has 5 heteroatoms. The van der Waals surface area contributed by atoms with Gasteiger partial charge >= 0.3 is 6.18 Å². The van der Waals surface area contributed by atoms with E-state index in [4.69, 9.17) is 5.11 Å². The van der Waals surface area contributed by atoms with Crippen LogP contribution in [0.25, 0.3) is 0 Å². The Labute approximate surface area is 65.0 Å². The van der Waals surface area contributed by atoms with Crippen molar-refractivity contribution in [2.45, 2.75) is 13.1 Å². The van der Waals surface area contributed by atoms with Crippen molar-refractivity contribution in [3.05, 3.63) is 6.92 Å². The first kappa shape index (κ1) is 16.2. The second-order valence-electron chi connectivity index (χ2n) is 0.773. The van der Waals surface area contributed by atoms with Crippen molar-refractivity contribution in [3.63, 3.8) is 0 Å². The third-order valence-corrected chi connectivity index (χ3v) is 0.179. The van der Waals surface area contributed by atoms with Gasteiger partial charge in [-0.2, -0.15) is 20.1 Å². The van der Waals surface area contributed by atoms with Crippen LogP contribution in [0.1, 0.15) is 6.92 Å². The predicted molar refractivity (Wildman–Crippen MR) is 24.2 cm³/mol. The van der Waals surface area contributed by atoms with E-state index in [-0.39, 0.29) is 19.5 Å². The summed E-state index contributed by atoms with van der Waals surface area (Å²) in [6, 6.07) is 0. The van der Waals surface area contributed by atoms with Gasteiger partial charge in [-0.1, -0.05) is 0 Å². The van der Waals surface area contributed by atoms with Crippen LogP contribution in [0.2, 0.25) is 0 Å². The normalized spacial score (nSPS) is 8.67. The second-order valence-corrected chi connectivity index (χ2v) is 0.773. The Morgan fingerprint density at radius 2 is 1.44 bits per heavy atom. The van der Waals surface area contributed by atoms with Crippen molar-refractivity contribution in [3.8, 4) is 0 Å². The molecule has 1 nitrogen and oxygen atoms in total. The van der Waals surface area contributed by atoms with Crippen LogP contribution in [0.3, 0.4) is 0 Å². The molecule has 0 aliphatic carbocycles. The minimum Gasteiger partial charge on any atom is -0.387 e. The van der Waals surface area contributed by atoms with Crippen molar-refractivity contribution in [1.29, 1.82) is 0 Å². The van der Waals surface area contributed by atoms with Gasteiger partial charge in [-0.05, 0) is 0 Å². The molecule has 0 bridgehead atoms. The number of hydrogen-bond acceptors (Lipinski definition) is 1. The predicted octanol–water partition coefficient (Wildman–Crippen LogP) is 1.38. The SMILES string of the molecule is OCC(F)(F)F.[CH2-]C.[Zn]. The number of rotatable bonds is 0. The van der Waals surface area contributed by atoms with Crippen LogP contribution in [-0.4, -0.2) is 17.9 Å². The summed E-state index contributed by atoms with van der Waals surface area (Å²) in [5, 5.41) is 7.28. The van der Waals surface area contributed by atoms with Crippen LogP contribution in [0.5, 0.6) is 0 Å². The van der Waals surface area contributed by atoms with E-state index < -0.39 is 12.8 Å². The Kier molecular flexibility index (Phi) is 15.1. The van der Waals surface area contributed by atoms with Crippen molar-refractivity contribution in [1.82, 2.24) is 0 Å². The summed E-state index contributed by atoms with van der Waals surface area (Å²) in [6.45, 7) is 3.27. The van der Waals surface area contributed by atoms with Crippen molar-refractivity contribution in [2.75, 3.05) is 6.61 Å². The maximum Gasteiger partial charge on any atom is 0.411 e. The molecule has 0 unspecified atom stereocenters. The van der Waals surface area contributed by atoms with Gasteiger partial charge in [-0.3, -0.25) is 0 Å². The first-order valence-corrected chi connectivity index (χ1v) is 1.94. The molecular weight excluding hydrogens is 186 g/mol. The van der Waals surface area contributed by atoms with E-state index in [0.717, 1.165) is 0 Å². The Morgan fingerprint density at radius 1 is 1.33 bits per heavy atom. The number of aliphatic hydroxyl groups excluding tert-OH is 1. The van der Waals surface area contributed by atoms with Crippen LogP contribution in [-0.2, 0) is 19.5 Å². The molecule has 0 saturated carbocycles. The van der Waals surface area contributed by atoms with Gasteiger partial charge in [-0.25, -0.2) is 0 Å². The van der Waals surface area contributed by atoms with Gasteiger partial charge in [-0.15, -0.1) is 0 Å². The summed E-state index contributed by atoms with van der Waals surface area (Å²) in [7, 11) is 0. The maximum absolute atomic E-state index is 10.5. The molecule has 9 heavy (non-hydrogen) atoms. The minimum absolute atomic E-state index is 0. The van der Waals surface area contributed by atoms with Gasteiger partial charge < -0.3 is 12.0 Å². The van der Waals surface area contributed by atoms with Crippen LogP contribution in [0.15, 0.2) is 0 Å². The average molecular weight is 194 g/mol. The topological polar surface area (TPSA) is 20.2 Å². The Morgan fingerprint density at radius 3 is 1.44 bits per heavy atom.